The Morgan fingerprint density at radius 3 is 2.47 bits per heavy atom. The van der Waals surface area contributed by atoms with Crippen LogP contribution in [0.15, 0.2) is 54.6 Å². The number of benzene rings is 3. The third-order valence-corrected chi connectivity index (χ3v) is 5.84. The van der Waals surface area contributed by atoms with Gasteiger partial charge in [-0.3, -0.25) is 10.1 Å². The zero-order valence-electron chi connectivity index (χ0n) is 19.7. The Labute approximate surface area is 198 Å². The molecule has 0 fully saturated rings. The van der Waals surface area contributed by atoms with Gasteiger partial charge in [0.25, 0.3) is 5.69 Å². The SMILES string of the molecule is CCCCc1cc(OC(=O)Oc2ccc([N+](=O)[O-])cc2)c2c(c1)OC(C)(C)c1ccc(C)cc1-2. The molecule has 0 amide bonds. The van der Waals surface area contributed by atoms with Gasteiger partial charge in [-0.25, -0.2) is 4.79 Å². The summed E-state index contributed by atoms with van der Waals surface area (Å²) in [5.41, 5.74) is 4.11. The topological polar surface area (TPSA) is 87.9 Å². The first kappa shape index (κ1) is 23.3. The lowest BCUT2D eigenvalue weighted by Crippen LogP contribution is -2.30. The number of unbranched alkanes of at least 4 members (excludes halogenated alkanes) is 1. The number of nitro groups is 1. The van der Waals surface area contributed by atoms with Crippen LogP contribution in [0.1, 0.15) is 50.3 Å². The molecule has 34 heavy (non-hydrogen) atoms. The number of nitrogens with zero attached hydrogens (tertiary/aromatic N) is 1. The molecule has 4 rings (SSSR count). The largest absolute Gasteiger partial charge is 0.519 e. The second kappa shape index (κ2) is 9.17. The molecule has 1 aliphatic rings. The van der Waals surface area contributed by atoms with Crippen molar-refractivity contribution in [3.63, 3.8) is 0 Å². The third kappa shape index (κ3) is 4.73. The highest BCUT2D eigenvalue weighted by atomic mass is 16.7. The van der Waals surface area contributed by atoms with Gasteiger partial charge in [0.1, 0.15) is 22.8 Å². The van der Waals surface area contributed by atoms with Gasteiger partial charge in [-0.2, -0.15) is 0 Å². The Balaban J connectivity index is 1.71. The predicted molar refractivity (Wildman–Crippen MR) is 129 cm³/mol. The van der Waals surface area contributed by atoms with Crippen molar-refractivity contribution in [1.82, 2.24) is 0 Å². The normalized spacial score (nSPS) is 13.3. The lowest BCUT2D eigenvalue weighted by molar-refractivity contribution is -0.384. The van der Waals surface area contributed by atoms with Crippen LogP contribution in [-0.2, 0) is 12.0 Å². The minimum atomic E-state index is -0.928. The zero-order valence-corrected chi connectivity index (χ0v) is 19.7. The van der Waals surface area contributed by atoms with Crippen LogP contribution in [0.5, 0.6) is 17.2 Å². The van der Waals surface area contributed by atoms with Crippen LogP contribution in [0, 0.1) is 17.0 Å². The van der Waals surface area contributed by atoms with Gasteiger partial charge in [-0.15, -0.1) is 0 Å². The van der Waals surface area contributed by atoms with E-state index in [1.807, 2.05) is 45.0 Å². The first-order chi connectivity index (χ1) is 16.2. The summed E-state index contributed by atoms with van der Waals surface area (Å²) in [6.07, 6.45) is 1.92. The van der Waals surface area contributed by atoms with Crippen molar-refractivity contribution in [2.75, 3.05) is 0 Å². The summed E-state index contributed by atoms with van der Waals surface area (Å²) in [7, 11) is 0. The van der Waals surface area contributed by atoms with Gasteiger partial charge in [0.2, 0.25) is 0 Å². The average molecular weight is 462 g/mol. The molecule has 0 N–H and O–H groups in total. The minimum absolute atomic E-state index is 0.0925. The van der Waals surface area contributed by atoms with E-state index in [9.17, 15) is 14.9 Å². The van der Waals surface area contributed by atoms with Gasteiger partial charge in [0.15, 0.2) is 0 Å². The van der Waals surface area contributed by atoms with Gasteiger partial charge < -0.3 is 14.2 Å². The molecule has 7 heteroatoms. The molecule has 0 bridgehead atoms. The van der Waals surface area contributed by atoms with E-state index in [1.165, 1.54) is 24.3 Å². The molecular formula is C27H27NO6. The second-order valence-electron chi connectivity index (χ2n) is 8.94. The first-order valence-electron chi connectivity index (χ1n) is 11.3. The fourth-order valence-corrected chi connectivity index (χ4v) is 4.16. The number of ether oxygens (including phenoxy) is 3. The molecule has 176 valence electrons. The summed E-state index contributed by atoms with van der Waals surface area (Å²) < 4.78 is 17.4. The van der Waals surface area contributed by atoms with Crippen molar-refractivity contribution >= 4 is 11.8 Å². The first-order valence-corrected chi connectivity index (χ1v) is 11.3. The van der Waals surface area contributed by atoms with E-state index in [0.717, 1.165) is 41.5 Å². The number of hydrogen-bond acceptors (Lipinski definition) is 6. The standard InChI is InChI=1S/C27H27NO6/c1-5-6-7-18-15-23(33-26(29)32-20-11-9-19(10-12-20)28(30)31)25-21-14-17(2)8-13-22(21)27(3,4)34-24(25)16-18/h8-16H,5-7H2,1-4H3. The van der Waals surface area contributed by atoms with Crippen molar-refractivity contribution in [2.24, 2.45) is 0 Å². The molecular weight excluding hydrogens is 434 g/mol. The number of fused-ring (bicyclic) bond motifs is 3. The fraction of sp³-hybridized carbons (Fsp3) is 0.296. The van der Waals surface area contributed by atoms with E-state index in [2.05, 4.69) is 13.0 Å². The Bertz CT molecular complexity index is 1250. The molecule has 1 aliphatic heterocycles. The number of hydrogen-bond donors (Lipinski definition) is 0. The Morgan fingerprint density at radius 1 is 1.06 bits per heavy atom. The van der Waals surface area contributed by atoms with E-state index < -0.39 is 16.7 Å². The number of aryl methyl sites for hydroxylation is 2. The minimum Gasteiger partial charge on any atom is -0.482 e. The molecule has 0 saturated carbocycles. The summed E-state index contributed by atoms with van der Waals surface area (Å²) >= 11 is 0. The Kier molecular flexibility index (Phi) is 6.28. The van der Waals surface area contributed by atoms with Crippen LogP contribution < -0.4 is 14.2 Å². The molecule has 0 radical (unpaired) electrons. The molecule has 0 aliphatic carbocycles. The van der Waals surface area contributed by atoms with Crippen molar-refractivity contribution in [2.45, 2.75) is 52.6 Å². The van der Waals surface area contributed by atoms with Crippen molar-refractivity contribution in [3.05, 3.63) is 81.4 Å². The van der Waals surface area contributed by atoms with Crippen molar-refractivity contribution in [1.29, 1.82) is 0 Å². The molecule has 0 unspecified atom stereocenters. The molecule has 3 aromatic carbocycles. The molecule has 1 heterocycles. The van der Waals surface area contributed by atoms with Crippen LogP contribution in [-0.4, -0.2) is 11.1 Å². The number of non-ortho nitro benzene ring substituents is 1. The predicted octanol–water partition coefficient (Wildman–Crippen LogP) is 7.12. The lowest BCUT2D eigenvalue weighted by atomic mass is 9.84. The monoisotopic (exact) mass is 461 g/mol. The highest BCUT2D eigenvalue weighted by molar-refractivity contribution is 5.84. The molecule has 0 aromatic heterocycles. The van der Waals surface area contributed by atoms with E-state index in [4.69, 9.17) is 14.2 Å². The average Bonchev–Trinajstić information content (AvgIpc) is 2.77. The molecule has 3 aromatic rings. The van der Waals surface area contributed by atoms with Gasteiger partial charge in [-0.05, 0) is 69.0 Å². The lowest BCUT2D eigenvalue weighted by Gasteiger charge is -2.36. The smallest absolute Gasteiger partial charge is 0.482 e. The van der Waals surface area contributed by atoms with Crippen LogP contribution in [0.4, 0.5) is 10.5 Å². The van der Waals surface area contributed by atoms with Gasteiger partial charge >= 0.3 is 6.16 Å². The number of nitro benzene ring substituents is 1. The number of carbonyl (C=O) groups excluding carboxylic acids is 1. The summed E-state index contributed by atoms with van der Waals surface area (Å²) in [4.78, 5) is 23.0. The van der Waals surface area contributed by atoms with Crippen LogP contribution in [0.25, 0.3) is 11.1 Å². The molecule has 7 nitrogen and oxygen atoms in total. The molecule has 0 spiro atoms. The van der Waals surface area contributed by atoms with E-state index >= 15 is 0 Å². The maximum Gasteiger partial charge on any atom is 0.519 e. The van der Waals surface area contributed by atoms with Crippen LogP contribution in [0.3, 0.4) is 0 Å². The maximum absolute atomic E-state index is 12.7. The Morgan fingerprint density at radius 2 is 1.79 bits per heavy atom. The highest BCUT2D eigenvalue weighted by Crippen LogP contribution is 2.50. The van der Waals surface area contributed by atoms with Gasteiger partial charge in [-0.1, -0.05) is 37.1 Å². The van der Waals surface area contributed by atoms with E-state index in [0.29, 0.717) is 17.1 Å². The molecule has 0 saturated heterocycles. The van der Waals surface area contributed by atoms with Crippen LogP contribution in [0.2, 0.25) is 0 Å². The quantitative estimate of drug-likeness (QED) is 0.168. The summed E-state index contributed by atoms with van der Waals surface area (Å²) in [6.45, 7) is 8.18. The van der Waals surface area contributed by atoms with Gasteiger partial charge in [0, 0.05) is 17.7 Å². The summed E-state index contributed by atoms with van der Waals surface area (Å²) in [5, 5.41) is 10.9. The third-order valence-electron chi connectivity index (χ3n) is 5.84. The zero-order chi connectivity index (χ0) is 24.5. The highest BCUT2D eigenvalue weighted by Gasteiger charge is 2.35. The molecule has 0 atom stereocenters. The number of carbonyl (C=O) groups is 1. The number of rotatable bonds is 6. The Hall–Kier alpha value is -3.87. The van der Waals surface area contributed by atoms with Crippen LogP contribution >= 0.6 is 0 Å². The fourth-order valence-electron chi connectivity index (χ4n) is 4.16. The summed E-state index contributed by atoms with van der Waals surface area (Å²) in [5.74, 6) is 1.17. The van der Waals surface area contributed by atoms with Gasteiger partial charge in [0.05, 0.1) is 10.5 Å². The summed E-state index contributed by atoms with van der Waals surface area (Å²) in [6, 6.07) is 15.3. The van der Waals surface area contributed by atoms with Crippen molar-refractivity contribution in [3.8, 4) is 28.4 Å². The maximum atomic E-state index is 12.7. The van der Waals surface area contributed by atoms with E-state index in [-0.39, 0.29) is 11.4 Å². The van der Waals surface area contributed by atoms with Crippen molar-refractivity contribution < 1.29 is 23.9 Å². The van der Waals surface area contributed by atoms with E-state index in [1.54, 1.807) is 0 Å². The second-order valence-corrected chi connectivity index (χ2v) is 8.94.